The second-order valence-corrected chi connectivity index (χ2v) is 10.6. The van der Waals surface area contributed by atoms with Crippen molar-refractivity contribution in [3.63, 3.8) is 0 Å². The lowest BCUT2D eigenvalue weighted by atomic mass is 10.0. The predicted octanol–water partition coefficient (Wildman–Crippen LogP) is 2.63. The molecule has 212 valence electrons. The fourth-order valence-corrected chi connectivity index (χ4v) is 5.33. The number of fused-ring (bicyclic) bond motifs is 1. The van der Waals surface area contributed by atoms with Crippen molar-refractivity contribution in [2.24, 2.45) is 5.92 Å². The Morgan fingerprint density at radius 1 is 1.12 bits per heavy atom. The maximum Gasteiger partial charge on any atom is 0.310 e. The van der Waals surface area contributed by atoms with Crippen LogP contribution in [-0.4, -0.2) is 51.3 Å². The third-order valence-corrected chi connectivity index (χ3v) is 7.99. The Morgan fingerprint density at radius 2 is 1.85 bits per heavy atom. The summed E-state index contributed by atoms with van der Waals surface area (Å²) in [7, 11) is 1.94. The van der Waals surface area contributed by atoms with E-state index in [0.29, 0.717) is 18.9 Å². The van der Waals surface area contributed by atoms with Crippen LogP contribution >= 0.6 is 0 Å². The molecule has 0 N–H and O–H groups in total. The number of hydrogen-bond donors (Lipinski definition) is 0. The summed E-state index contributed by atoms with van der Waals surface area (Å²) in [6.07, 6.45) is 10.2. The fourth-order valence-electron chi connectivity index (χ4n) is 5.33. The van der Waals surface area contributed by atoms with E-state index in [4.69, 9.17) is 9.72 Å². The van der Waals surface area contributed by atoms with E-state index in [1.165, 1.54) is 29.0 Å². The van der Waals surface area contributed by atoms with Gasteiger partial charge in [0.15, 0.2) is 6.73 Å². The van der Waals surface area contributed by atoms with Gasteiger partial charge in [-0.2, -0.15) is 0 Å². The quantitative estimate of drug-likeness (QED) is 0.380. The highest BCUT2D eigenvalue weighted by molar-refractivity contribution is 5.71. The Balaban J connectivity index is 1.32. The van der Waals surface area contributed by atoms with Gasteiger partial charge in [-0.3, -0.25) is 9.59 Å². The number of piperidine rings is 1. The molecule has 1 saturated heterocycles. The summed E-state index contributed by atoms with van der Waals surface area (Å²) in [5.74, 6) is 0.620. The van der Waals surface area contributed by atoms with Gasteiger partial charge in [-0.25, -0.2) is 18.9 Å². The number of carbonyl (C=O) groups excluding carboxylic acids is 1. The Hall–Kier alpha value is -3.95. The van der Waals surface area contributed by atoms with Crippen LogP contribution in [0.25, 0.3) is 12.2 Å². The number of aromatic nitrogens is 4. The highest BCUT2D eigenvalue weighted by Gasteiger charge is 2.28. The van der Waals surface area contributed by atoms with Crippen molar-refractivity contribution in [1.82, 2.24) is 19.1 Å². The third kappa shape index (κ3) is 5.80. The number of rotatable bonds is 9. The molecule has 0 amide bonds. The topological polar surface area (TPSA) is 85.5 Å². The summed E-state index contributed by atoms with van der Waals surface area (Å²) in [5.41, 5.74) is 0.769. The van der Waals surface area contributed by atoms with Crippen LogP contribution in [0.15, 0.2) is 41.3 Å². The maximum absolute atomic E-state index is 13.5. The van der Waals surface area contributed by atoms with E-state index >= 15 is 0 Å². The molecule has 1 fully saturated rings. The molecule has 1 atom stereocenters. The molecule has 0 radical (unpaired) electrons. The van der Waals surface area contributed by atoms with Crippen molar-refractivity contribution in [2.75, 3.05) is 29.9 Å². The first kappa shape index (κ1) is 27.6. The lowest BCUT2D eigenvalue weighted by Gasteiger charge is -2.38. The maximum atomic E-state index is 13.5. The van der Waals surface area contributed by atoms with E-state index in [-0.39, 0.29) is 36.0 Å². The van der Waals surface area contributed by atoms with E-state index in [9.17, 15) is 14.0 Å². The van der Waals surface area contributed by atoms with Gasteiger partial charge >= 0.3 is 5.97 Å². The van der Waals surface area contributed by atoms with E-state index < -0.39 is 0 Å². The van der Waals surface area contributed by atoms with Gasteiger partial charge in [0.25, 0.3) is 5.56 Å². The minimum atomic E-state index is -0.325. The second-order valence-electron chi connectivity index (χ2n) is 10.6. The highest BCUT2D eigenvalue weighted by atomic mass is 19.1. The largest absolute Gasteiger partial charge is 0.443 e. The zero-order chi connectivity index (χ0) is 28.2. The molecular formula is C30H37FN6O3. The van der Waals surface area contributed by atoms with E-state index in [0.717, 1.165) is 61.0 Å². The number of benzene rings is 1. The average molecular weight is 549 g/mol. The summed E-state index contributed by atoms with van der Waals surface area (Å²) >= 11 is 0. The standard InChI is InChI=1S/C30H37FN6O3/c1-4-21(2)28(39)40-20-37-27(38)13-16-32-29(37)34(3)24-14-17-35(18-15-24)30-33-25-7-5-6-8-26(25)36(30)19-22-9-11-23(31)12-10-22/h7-13,16,21,24H,4-6,14-15,17-20H2,1-3H3. The van der Waals surface area contributed by atoms with Crippen molar-refractivity contribution in [3.8, 4) is 0 Å². The number of imidazole rings is 1. The van der Waals surface area contributed by atoms with Crippen molar-refractivity contribution < 1.29 is 13.9 Å². The molecule has 1 aliphatic carbocycles. The van der Waals surface area contributed by atoms with Gasteiger partial charge in [0.1, 0.15) is 5.82 Å². The number of anilines is 2. The van der Waals surface area contributed by atoms with Crippen LogP contribution < -0.4 is 26.1 Å². The molecule has 0 bridgehead atoms. The van der Waals surface area contributed by atoms with Gasteiger partial charge in [-0.05, 0) is 49.8 Å². The van der Waals surface area contributed by atoms with Gasteiger partial charge in [-0.1, -0.05) is 38.1 Å². The molecule has 1 aliphatic heterocycles. The van der Waals surface area contributed by atoms with Crippen LogP contribution in [-0.2, 0) is 22.8 Å². The van der Waals surface area contributed by atoms with Crippen molar-refractivity contribution in [3.05, 3.63) is 69.0 Å². The average Bonchev–Trinajstić information content (AvgIpc) is 3.34. The molecule has 0 saturated carbocycles. The van der Waals surface area contributed by atoms with Gasteiger partial charge in [0, 0.05) is 38.4 Å². The van der Waals surface area contributed by atoms with Crippen LogP contribution in [0.2, 0.25) is 0 Å². The number of esters is 1. The third-order valence-electron chi connectivity index (χ3n) is 7.99. The number of carbonyl (C=O) groups is 1. The Bertz CT molecular complexity index is 1520. The minimum absolute atomic E-state index is 0.148. The summed E-state index contributed by atoms with van der Waals surface area (Å²) in [4.78, 5) is 38.7. The summed E-state index contributed by atoms with van der Waals surface area (Å²) in [6, 6.07) is 8.18. The first-order chi connectivity index (χ1) is 19.4. The summed E-state index contributed by atoms with van der Waals surface area (Å²) in [5, 5.41) is 2.13. The zero-order valence-corrected chi connectivity index (χ0v) is 23.4. The second kappa shape index (κ2) is 12.1. The predicted molar refractivity (Wildman–Crippen MR) is 153 cm³/mol. The molecular weight excluding hydrogens is 511 g/mol. The molecule has 3 aromatic rings. The SMILES string of the molecule is CCC(C)C(=O)OCn1c(N(C)C2CCN(c3nc4c(n3Cc3ccc(F)cc3)=CCCC=4)CC2)nccc1=O. The summed E-state index contributed by atoms with van der Waals surface area (Å²) < 4.78 is 22.6. The minimum Gasteiger partial charge on any atom is -0.443 e. The number of ether oxygens (including phenoxy) is 1. The van der Waals surface area contributed by atoms with E-state index in [1.54, 1.807) is 0 Å². The van der Waals surface area contributed by atoms with Crippen LogP contribution in [0, 0.1) is 11.7 Å². The Morgan fingerprint density at radius 3 is 2.58 bits per heavy atom. The molecule has 3 heterocycles. The number of nitrogens with zero attached hydrogens (tertiary/aromatic N) is 6. The highest BCUT2D eigenvalue weighted by Crippen LogP contribution is 2.23. The molecule has 5 rings (SSSR count). The van der Waals surface area contributed by atoms with Gasteiger partial charge < -0.3 is 19.1 Å². The first-order valence-corrected chi connectivity index (χ1v) is 14.1. The molecule has 9 nitrogen and oxygen atoms in total. The normalized spacial score (nSPS) is 16.1. The van der Waals surface area contributed by atoms with Crippen molar-refractivity contribution in [1.29, 1.82) is 0 Å². The lowest BCUT2D eigenvalue weighted by Crippen LogP contribution is -2.46. The summed E-state index contributed by atoms with van der Waals surface area (Å²) in [6.45, 7) is 5.77. The molecule has 1 unspecified atom stereocenters. The van der Waals surface area contributed by atoms with Crippen molar-refractivity contribution >= 4 is 30.0 Å². The molecule has 2 aliphatic rings. The van der Waals surface area contributed by atoms with Crippen LogP contribution in [0.4, 0.5) is 16.3 Å². The molecule has 2 aromatic heterocycles. The van der Waals surface area contributed by atoms with Crippen molar-refractivity contribution in [2.45, 2.75) is 65.3 Å². The Labute approximate surface area is 233 Å². The fraction of sp³-hybridized carbons (Fsp3) is 0.467. The van der Waals surface area contributed by atoms with Crippen LogP contribution in [0.3, 0.4) is 0 Å². The Kier molecular flexibility index (Phi) is 8.32. The van der Waals surface area contributed by atoms with Gasteiger partial charge in [0.05, 0.1) is 23.2 Å². The molecule has 10 heteroatoms. The number of hydrogen-bond acceptors (Lipinski definition) is 7. The molecule has 1 aromatic carbocycles. The van der Waals surface area contributed by atoms with Crippen LogP contribution in [0.5, 0.6) is 0 Å². The van der Waals surface area contributed by atoms with Gasteiger partial charge in [0.2, 0.25) is 11.9 Å². The molecule has 40 heavy (non-hydrogen) atoms. The smallest absolute Gasteiger partial charge is 0.310 e. The number of halogens is 1. The van der Waals surface area contributed by atoms with E-state index in [2.05, 4.69) is 26.6 Å². The molecule has 0 spiro atoms. The monoisotopic (exact) mass is 548 g/mol. The van der Waals surface area contributed by atoms with E-state index in [1.807, 2.05) is 37.9 Å². The lowest BCUT2D eigenvalue weighted by molar-refractivity contribution is -0.152. The van der Waals surface area contributed by atoms with Crippen LogP contribution in [0.1, 0.15) is 51.5 Å². The van der Waals surface area contributed by atoms with Gasteiger partial charge in [-0.15, -0.1) is 0 Å². The first-order valence-electron chi connectivity index (χ1n) is 14.1. The zero-order valence-electron chi connectivity index (χ0n) is 23.4.